The van der Waals surface area contributed by atoms with Crippen LogP contribution in [-0.4, -0.2) is 75.9 Å². The molecular weight excluding hydrogens is 602 g/mol. The molecule has 0 radical (unpaired) electrons. The van der Waals surface area contributed by atoms with Crippen molar-refractivity contribution in [3.8, 4) is 5.75 Å². The van der Waals surface area contributed by atoms with Crippen molar-refractivity contribution < 1.29 is 31.5 Å². The van der Waals surface area contributed by atoms with E-state index in [-0.39, 0.29) is 46.5 Å². The Kier molecular flexibility index (Phi) is 9.53. The first kappa shape index (κ1) is 31.8. The van der Waals surface area contributed by atoms with Crippen molar-refractivity contribution in [1.82, 2.24) is 9.21 Å². The average Bonchev–Trinajstić information content (AvgIpc) is 2.95. The summed E-state index contributed by atoms with van der Waals surface area (Å²) >= 11 is 5.94. The van der Waals surface area contributed by atoms with Crippen LogP contribution in [0.1, 0.15) is 29.8 Å². The SMILES string of the molecule is Cc1ccc(S(=O)(=O)Nc2cccc3c2O[C@H](CN(C)S(=O)(=O)c2ccc(Cl)cc2)[C@H](C)CN([C@H](C)CO)C3=O)cc1. The van der Waals surface area contributed by atoms with Gasteiger partial charge < -0.3 is 14.7 Å². The minimum atomic E-state index is -4.07. The molecule has 1 aliphatic heterocycles. The number of aryl methyl sites for hydroxylation is 1. The molecule has 3 aromatic carbocycles. The Morgan fingerprint density at radius 1 is 1.05 bits per heavy atom. The van der Waals surface area contributed by atoms with Crippen molar-refractivity contribution >= 4 is 43.2 Å². The number of nitrogens with one attached hydrogen (secondary N) is 1. The third-order valence-electron chi connectivity index (χ3n) is 7.23. The molecule has 0 bridgehead atoms. The van der Waals surface area contributed by atoms with Gasteiger partial charge in [-0.25, -0.2) is 16.8 Å². The van der Waals surface area contributed by atoms with Gasteiger partial charge in [0.1, 0.15) is 6.10 Å². The molecule has 1 heterocycles. The molecule has 3 aromatic rings. The Labute approximate surface area is 252 Å². The normalized spacial score (nSPS) is 18.5. The van der Waals surface area contributed by atoms with Crippen LogP contribution in [-0.2, 0) is 20.0 Å². The zero-order chi connectivity index (χ0) is 30.8. The van der Waals surface area contributed by atoms with Gasteiger partial charge in [0.2, 0.25) is 10.0 Å². The van der Waals surface area contributed by atoms with Crippen LogP contribution >= 0.6 is 11.6 Å². The standard InChI is InChI=1S/C29H34ClN3O7S2/c1-19-8-12-23(13-9-19)41(36,37)31-26-7-5-6-25-28(26)40-27(20(2)16-33(29(25)35)21(3)18-34)17-32(4)42(38,39)24-14-10-22(30)11-15-24/h5-15,20-21,27,31,34H,16-18H2,1-4H3/t20-,21-,27-/m1/s1. The van der Waals surface area contributed by atoms with Crippen molar-refractivity contribution in [2.75, 3.05) is 31.5 Å². The predicted octanol–water partition coefficient (Wildman–Crippen LogP) is 3.99. The Bertz CT molecular complexity index is 1650. The molecule has 13 heteroatoms. The fraction of sp³-hybridized carbons (Fsp3) is 0.345. The number of hydrogen-bond donors (Lipinski definition) is 2. The summed E-state index contributed by atoms with van der Waals surface area (Å²) in [4.78, 5) is 15.3. The van der Waals surface area contributed by atoms with E-state index in [4.69, 9.17) is 16.3 Å². The number of likely N-dealkylation sites (N-methyl/N-ethyl adjacent to an activating group) is 1. The van der Waals surface area contributed by atoms with Gasteiger partial charge in [-0.05, 0) is 62.4 Å². The summed E-state index contributed by atoms with van der Waals surface area (Å²) < 4.78 is 63.4. The Morgan fingerprint density at radius 3 is 2.29 bits per heavy atom. The molecule has 0 unspecified atom stereocenters. The third-order valence-corrected chi connectivity index (χ3v) is 10.7. The van der Waals surface area contributed by atoms with Gasteiger partial charge in [0.25, 0.3) is 15.9 Å². The third kappa shape index (κ3) is 6.73. The highest BCUT2D eigenvalue weighted by Crippen LogP contribution is 2.36. The molecule has 3 atom stereocenters. The summed E-state index contributed by atoms with van der Waals surface area (Å²) in [5, 5.41) is 10.3. The number of halogens is 1. The Hall–Kier alpha value is -3.16. The van der Waals surface area contributed by atoms with E-state index >= 15 is 0 Å². The van der Waals surface area contributed by atoms with E-state index < -0.39 is 44.0 Å². The molecule has 4 rings (SSSR count). The number of ether oxygens (including phenoxy) is 1. The fourth-order valence-corrected chi connectivity index (χ4v) is 6.97. The minimum absolute atomic E-state index is 0.0251. The smallest absolute Gasteiger partial charge is 0.262 e. The molecule has 0 saturated carbocycles. The van der Waals surface area contributed by atoms with Gasteiger partial charge in [-0.3, -0.25) is 9.52 Å². The topological polar surface area (TPSA) is 133 Å². The number of benzene rings is 3. The number of aliphatic hydroxyl groups excluding tert-OH is 1. The number of para-hydroxylation sites is 1. The molecule has 10 nitrogen and oxygen atoms in total. The maximum atomic E-state index is 13.7. The van der Waals surface area contributed by atoms with Gasteiger partial charge in [-0.2, -0.15) is 4.31 Å². The van der Waals surface area contributed by atoms with E-state index in [9.17, 15) is 26.7 Å². The molecule has 0 spiro atoms. The summed E-state index contributed by atoms with van der Waals surface area (Å²) in [6.45, 7) is 5.10. The number of sulfonamides is 2. The summed E-state index contributed by atoms with van der Waals surface area (Å²) in [5.41, 5.74) is 1.00. The highest BCUT2D eigenvalue weighted by Gasteiger charge is 2.36. The number of rotatable bonds is 9. The van der Waals surface area contributed by atoms with Crippen LogP contribution in [0.15, 0.2) is 76.5 Å². The number of anilines is 1. The van der Waals surface area contributed by atoms with Gasteiger partial charge in [-0.1, -0.05) is 42.3 Å². The second kappa shape index (κ2) is 12.6. The number of amides is 1. The number of hydrogen-bond acceptors (Lipinski definition) is 7. The zero-order valence-corrected chi connectivity index (χ0v) is 26.1. The summed E-state index contributed by atoms with van der Waals surface area (Å²) in [6, 6.07) is 16.1. The Morgan fingerprint density at radius 2 is 1.67 bits per heavy atom. The first-order valence-corrected chi connectivity index (χ1v) is 16.6. The van der Waals surface area contributed by atoms with E-state index in [1.54, 1.807) is 19.1 Å². The van der Waals surface area contributed by atoms with E-state index in [2.05, 4.69) is 4.72 Å². The maximum absolute atomic E-state index is 13.7. The minimum Gasteiger partial charge on any atom is -0.486 e. The number of carbonyl (C=O) groups excluding carboxylic acids is 1. The molecule has 0 fully saturated rings. The number of nitrogens with zero attached hydrogens (tertiary/aromatic N) is 2. The van der Waals surface area contributed by atoms with Crippen LogP contribution in [0.4, 0.5) is 5.69 Å². The monoisotopic (exact) mass is 635 g/mol. The first-order valence-electron chi connectivity index (χ1n) is 13.3. The lowest BCUT2D eigenvalue weighted by atomic mass is 9.99. The molecule has 0 aliphatic carbocycles. The number of fused-ring (bicyclic) bond motifs is 1. The van der Waals surface area contributed by atoms with Gasteiger partial charge in [0, 0.05) is 24.5 Å². The summed E-state index contributed by atoms with van der Waals surface area (Å²) in [6.07, 6.45) is -0.803. The molecule has 0 saturated heterocycles. The van der Waals surface area contributed by atoms with Crippen LogP contribution < -0.4 is 9.46 Å². The van der Waals surface area contributed by atoms with Crippen molar-refractivity contribution in [3.63, 3.8) is 0 Å². The van der Waals surface area contributed by atoms with E-state index in [0.29, 0.717) is 5.02 Å². The first-order chi connectivity index (χ1) is 19.7. The van der Waals surface area contributed by atoms with E-state index in [1.807, 2.05) is 13.8 Å². The van der Waals surface area contributed by atoms with Crippen LogP contribution in [0.3, 0.4) is 0 Å². The van der Waals surface area contributed by atoms with Gasteiger partial charge in [-0.15, -0.1) is 0 Å². The molecular formula is C29H34ClN3O7S2. The Balaban J connectivity index is 1.76. The molecule has 226 valence electrons. The fourth-order valence-electron chi connectivity index (χ4n) is 4.60. The molecule has 0 aromatic heterocycles. The molecule has 42 heavy (non-hydrogen) atoms. The molecule has 1 aliphatic rings. The van der Waals surface area contributed by atoms with Gasteiger partial charge in [0.05, 0.1) is 40.2 Å². The summed E-state index contributed by atoms with van der Waals surface area (Å²) in [7, 11) is -6.58. The number of aliphatic hydroxyl groups is 1. The van der Waals surface area contributed by atoms with Crippen molar-refractivity contribution in [3.05, 3.63) is 82.9 Å². The second-order valence-electron chi connectivity index (χ2n) is 10.5. The second-order valence-corrected chi connectivity index (χ2v) is 14.6. The van der Waals surface area contributed by atoms with Crippen LogP contribution in [0.2, 0.25) is 5.02 Å². The lowest BCUT2D eigenvalue weighted by molar-refractivity contribution is 0.0389. The van der Waals surface area contributed by atoms with Crippen LogP contribution in [0, 0.1) is 12.8 Å². The highest BCUT2D eigenvalue weighted by atomic mass is 35.5. The van der Waals surface area contributed by atoms with Crippen LogP contribution in [0.25, 0.3) is 0 Å². The van der Waals surface area contributed by atoms with E-state index in [0.717, 1.165) is 9.87 Å². The van der Waals surface area contributed by atoms with Crippen molar-refractivity contribution in [2.24, 2.45) is 5.92 Å². The average molecular weight is 636 g/mol. The van der Waals surface area contributed by atoms with E-state index in [1.165, 1.54) is 66.5 Å². The highest BCUT2D eigenvalue weighted by molar-refractivity contribution is 7.92. The molecule has 2 N–H and O–H groups in total. The van der Waals surface area contributed by atoms with Crippen molar-refractivity contribution in [1.29, 1.82) is 0 Å². The predicted molar refractivity (Wildman–Crippen MR) is 161 cm³/mol. The lowest BCUT2D eigenvalue weighted by Crippen LogP contribution is -2.50. The quantitative estimate of drug-likeness (QED) is 0.363. The van der Waals surface area contributed by atoms with Crippen LogP contribution in [0.5, 0.6) is 5.75 Å². The van der Waals surface area contributed by atoms with Gasteiger partial charge in [0.15, 0.2) is 5.75 Å². The maximum Gasteiger partial charge on any atom is 0.262 e. The van der Waals surface area contributed by atoms with Crippen molar-refractivity contribution in [2.45, 2.75) is 42.7 Å². The zero-order valence-electron chi connectivity index (χ0n) is 23.7. The summed E-state index contributed by atoms with van der Waals surface area (Å²) in [5.74, 6) is -0.890. The van der Waals surface area contributed by atoms with Gasteiger partial charge >= 0.3 is 0 Å². The lowest BCUT2D eigenvalue weighted by Gasteiger charge is -2.38. The largest absolute Gasteiger partial charge is 0.486 e. The number of carbonyl (C=O) groups is 1. The molecule has 1 amide bonds.